The second-order valence-corrected chi connectivity index (χ2v) is 6.71. The van der Waals surface area contributed by atoms with Gasteiger partial charge in [-0.1, -0.05) is 19.1 Å². The molecule has 1 fully saturated rings. The number of halogens is 1. The molecule has 0 aromatic heterocycles. The van der Waals surface area contributed by atoms with Crippen molar-refractivity contribution < 1.29 is 4.74 Å². The summed E-state index contributed by atoms with van der Waals surface area (Å²) in [7, 11) is 3.55. The lowest BCUT2D eigenvalue weighted by molar-refractivity contribution is 0.206. The third-order valence-electron chi connectivity index (χ3n) is 4.79. The molecule has 1 aromatic rings. The van der Waals surface area contributed by atoms with Crippen LogP contribution >= 0.6 is 24.0 Å². The fourth-order valence-electron chi connectivity index (χ4n) is 3.30. The van der Waals surface area contributed by atoms with Gasteiger partial charge in [-0.15, -0.1) is 24.0 Å². The quantitative estimate of drug-likeness (QED) is 0.263. The number of ether oxygens (including phenoxy) is 1. The number of hydrogen-bond acceptors (Lipinski definition) is 3. The number of aryl methyl sites for hydroxylation is 1. The topological polar surface area (TPSA) is 48.9 Å². The van der Waals surface area contributed by atoms with Gasteiger partial charge in [-0.25, -0.2) is 0 Å². The molecule has 0 spiro atoms. The van der Waals surface area contributed by atoms with Crippen molar-refractivity contribution in [2.75, 3.05) is 40.3 Å². The standard InChI is InChI=1S/C20H34N4O.HI/c1-4-14-24-15-11-18(12-16-24)23-20(21-2)22-13-5-6-17-7-9-19(25-3)10-8-17;/h7-10,18H,4-6,11-16H2,1-3H3,(H2,21,22,23);1H. The molecule has 0 amide bonds. The van der Waals surface area contributed by atoms with Gasteiger partial charge in [0.05, 0.1) is 7.11 Å². The van der Waals surface area contributed by atoms with Crippen LogP contribution in [0.2, 0.25) is 0 Å². The first kappa shape index (κ1) is 23.0. The maximum absolute atomic E-state index is 5.19. The molecule has 2 rings (SSSR count). The Balaban J connectivity index is 0.00000338. The van der Waals surface area contributed by atoms with Crippen LogP contribution in [-0.4, -0.2) is 57.2 Å². The van der Waals surface area contributed by atoms with Crippen molar-refractivity contribution in [3.63, 3.8) is 0 Å². The average Bonchev–Trinajstić information content (AvgIpc) is 2.66. The van der Waals surface area contributed by atoms with Crippen molar-refractivity contribution in [2.24, 2.45) is 4.99 Å². The van der Waals surface area contributed by atoms with Crippen LogP contribution in [-0.2, 0) is 6.42 Å². The zero-order chi connectivity index (χ0) is 17.9. The highest BCUT2D eigenvalue weighted by molar-refractivity contribution is 14.0. The number of guanidine groups is 1. The number of likely N-dealkylation sites (tertiary alicyclic amines) is 1. The summed E-state index contributed by atoms with van der Waals surface area (Å²) in [5.41, 5.74) is 1.34. The van der Waals surface area contributed by atoms with E-state index in [2.05, 4.69) is 39.6 Å². The molecule has 6 heteroatoms. The Kier molecular flexibility index (Phi) is 11.7. The summed E-state index contributed by atoms with van der Waals surface area (Å²) in [6.45, 7) is 6.80. The highest BCUT2D eigenvalue weighted by atomic mass is 127. The number of benzene rings is 1. The Bertz CT molecular complexity index is 513. The zero-order valence-electron chi connectivity index (χ0n) is 16.5. The molecule has 0 aliphatic carbocycles. The molecule has 0 unspecified atom stereocenters. The normalized spacial score (nSPS) is 16.0. The highest BCUT2D eigenvalue weighted by Gasteiger charge is 2.19. The molecule has 0 atom stereocenters. The van der Waals surface area contributed by atoms with E-state index in [1.54, 1.807) is 7.11 Å². The molecule has 5 nitrogen and oxygen atoms in total. The lowest BCUT2D eigenvalue weighted by atomic mass is 10.1. The molecule has 0 bridgehead atoms. The molecule has 0 radical (unpaired) electrons. The first-order chi connectivity index (χ1) is 12.2. The Hall–Kier alpha value is -1.02. The summed E-state index contributed by atoms with van der Waals surface area (Å²) >= 11 is 0. The Morgan fingerprint density at radius 3 is 2.50 bits per heavy atom. The monoisotopic (exact) mass is 474 g/mol. The summed E-state index contributed by atoms with van der Waals surface area (Å²) in [5.74, 6) is 1.85. The second kappa shape index (κ2) is 13.2. The minimum absolute atomic E-state index is 0. The van der Waals surface area contributed by atoms with Gasteiger partial charge in [0.2, 0.25) is 0 Å². The number of hydrogen-bond donors (Lipinski definition) is 2. The van der Waals surface area contributed by atoms with Gasteiger partial charge in [-0.05, 0) is 56.3 Å². The lowest BCUT2D eigenvalue weighted by Gasteiger charge is -2.32. The molecular formula is C20H35IN4O. The average molecular weight is 474 g/mol. The molecule has 2 N–H and O–H groups in total. The Labute approximate surface area is 176 Å². The molecule has 1 saturated heterocycles. The van der Waals surface area contributed by atoms with Crippen molar-refractivity contribution >= 4 is 29.9 Å². The van der Waals surface area contributed by atoms with E-state index in [1.165, 1.54) is 44.5 Å². The van der Waals surface area contributed by atoms with Crippen LogP contribution in [0.4, 0.5) is 0 Å². The molecular weight excluding hydrogens is 439 g/mol. The minimum Gasteiger partial charge on any atom is -0.497 e. The van der Waals surface area contributed by atoms with Gasteiger partial charge in [0.25, 0.3) is 0 Å². The van der Waals surface area contributed by atoms with E-state index in [4.69, 9.17) is 4.74 Å². The van der Waals surface area contributed by atoms with Gasteiger partial charge in [-0.3, -0.25) is 4.99 Å². The summed E-state index contributed by atoms with van der Waals surface area (Å²) < 4.78 is 5.19. The predicted molar refractivity (Wildman–Crippen MR) is 121 cm³/mol. The molecule has 0 saturated carbocycles. The van der Waals surface area contributed by atoms with Crippen LogP contribution in [0.3, 0.4) is 0 Å². The van der Waals surface area contributed by atoms with Crippen molar-refractivity contribution in [3.8, 4) is 5.75 Å². The third kappa shape index (κ3) is 8.12. The van der Waals surface area contributed by atoms with E-state index in [9.17, 15) is 0 Å². The van der Waals surface area contributed by atoms with Crippen LogP contribution in [0.5, 0.6) is 5.75 Å². The van der Waals surface area contributed by atoms with Crippen LogP contribution in [0.15, 0.2) is 29.3 Å². The molecule has 148 valence electrons. The van der Waals surface area contributed by atoms with Gasteiger partial charge in [0.1, 0.15) is 5.75 Å². The van der Waals surface area contributed by atoms with E-state index in [1.807, 2.05) is 19.2 Å². The SMILES string of the molecule is CCCN1CCC(NC(=NC)NCCCc2ccc(OC)cc2)CC1.I. The van der Waals surface area contributed by atoms with Crippen molar-refractivity contribution in [1.82, 2.24) is 15.5 Å². The lowest BCUT2D eigenvalue weighted by Crippen LogP contribution is -2.48. The number of piperidine rings is 1. The minimum atomic E-state index is 0. The maximum Gasteiger partial charge on any atom is 0.191 e. The van der Waals surface area contributed by atoms with E-state index in [-0.39, 0.29) is 24.0 Å². The smallest absolute Gasteiger partial charge is 0.191 e. The van der Waals surface area contributed by atoms with Crippen LogP contribution < -0.4 is 15.4 Å². The van der Waals surface area contributed by atoms with E-state index in [0.717, 1.165) is 31.1 Å². The van der Waals surface area contributed by atoms with E-state index in [0.29, 0.717) is 6.04 Å². The maximum atomic E-state index is 5.19. The van der Waals surface area contributed by atoms with E-state index < -0.39 is 0 Å². The van der Waals surface area contributed by atoms with E-state index >= 15 is 0 Å². The number of nitrogens with one attached hydrogen (secondary N) is 2. The van der Waals surface area contributed by atoms with Crippen molar-refractivity contribution in [2.45, 2.75) is 45.1 Å². The first-order valence-corrected chi connectivity index (χ1v) is 9.57. The number of methoxy groups -OCH3 is 1. The fraction of sp³-hybridized carbons (Fsp3) is 0.650. The zero-order valence-corrected chi connectivity index (χ0v) is 18.8. The van der Waals surface area contributed by atoms with Crippen LogP contribution in [0, 0.1) is 0 Å². The number of aliphatic imine (C=N–C) groups is 1. The van der Waals surface area contributed by atoms with Gasteiger partial charge in [-0.2, -0.15) is 0 Å². The van der Waals surface area contributed by atoms with Crippen LogP contribution in [0.25, 0.3) is 0 Å². The molecule has 26 heavy (non-hydrogen) atoms. The number of rotatable bonds is 8. The molecule has 1 heterocycles. The van der Waals surface area contributed by atoms with Gasteiger partial charge < -0.3 is 20.3 Å². The fourth-order valence-corrected chi connectivity index (χ4v) is 3.30. The predicted octanol–water partition coefficient (Wildman–Crippen LogP) is 3.29. The largest absolute Gasteiger partial charge is 0.497 e. The van der Waals surface area contributed by atoms with Gasteiger partial charge >= 0.3 is 0 Å². The number of nitrogens with zero attached hydrogens (tertiary/aromatic N) is 2. The first-order valence-electron chi connectivity index (χ1n) is 9.57. The Morgan fingerprint density at radius 2 is 1.92 bits per heavy atom. The van der Waals surface area contributed by atoms with Gasteiger partial charge in [0, 0.05) is 32.7 Å². The molecule has 1 aliphatic rings. The summed E-state index contributed by atoms with van der Waals surface area (Å²) in [5, 5.41) is 7.02. The van der Waals surface area contributed by atoms with Gasteiger partial charge in [0.15, 0.2) is 5.96 Å². The summed E-state index contributed by atoms with van der Waals surface area (Å²) in [4.78, 5) is 6.93. The highest BCUT2D eigenvalue weighted by Crippen LogP contribution is 2.12. The van der Waals surface area contributed by atoms with Crippen molar-refractivity contribution in [3.05, 3.63) is 29.8 Å². The van der Waals surface area contributed by atoms with Crippen molar-refractivity contribution in [1.29, 1.82) is 0 Å². The second-order valence-electron chi connectivity index (χ2n) is 6.71. The molecule has 1 aliphatic heterocycles. The molecule has 1 aromatic carbocycles. The summed E-state index contributed by atoms with van der Waals surface area (Å²) in [6, 6.07) is 8.86. The Morgan fingerprint density at radius 1 is 1.23 bits per heavy atom. The van der Waals surface area contributed by atoms with Crippen LogP contribution in [0.1, 0.15) is 38.2 Å². The third-order valence-corrected chi connectivity index (χ3v) is 4.79. The summed E-state index contributed by atoms with van der Waals surface area (Å²) in [6.07, 6.45) is 5.79.